The summed E-state index contributed by atoms with van der Waals surface area (Å²) in [7, 11) is 0. The molecule has 12 nitrogen and oxygen atoms in total. The van der Waals surface area contributed by atoms with Crippen molar-refractivity contribution in [2.75, 3.05) is 0 Å². The summed E-state index contributed by atoms with van der Waals surface area (Å²) in [6.07, 6.45) is -9.67. The third kappa shape index (κ3) is 16.4. The van der Waals surface area contributed by atoms with Crippen molar-refractivity contribution in [3.8, 4) is 0 Å². The molecule has 0 spiro atoms. The number of hydrogen-bond acceptors (Lipinski definition) is 6. The Morgan fingerprint density at radius 2 is 0.708 bits per heavy atom. The molecule has 378 valence electrons. The van der Waals surface area contributed by atoms with Crippen LogP contribution in [0.3, 0.4) is 0 Å². The first-order valence-corrected chi connectivity index (χ1v) is 24.6. The van der Waals surface area contributed by atoms with Crippen molar-refractivity contribution in [1.82, 2.24) is 32.6 Å². The largest absolute Gasteiger partial charge is 0.417 e. The molecule has 0 bridgehead atoms. The van der Waals surface area contributed by atoms with Gasteiger partial charge in [-0.1, -0.05) is 48.0 Å². The summed E-state index contributed by atoms with van der Waals surface area (Å²) >= 11 is 13.8. The molecule has 6 rings (SSSR count). The van der Waals surface area contributed by atoms with Gasteiger partial charge in [0, 0.05) is 31.0 Å². The quantitative estimate of drug-likeness (QED) is 0.0550. The molecule has 0 heterocycles. The van der Waals surface area contributed by atoms with Gasteiger partial charge in [-0.3, -0.25) is 61.3 Å². The Bertz CT molecular complexity index is 2910. The van der Waals surface area contributed by atoms with Crippen molar-refractivity contribution in [3.05, 3.63) is 201 Å². The number of halogens is 13. The molecule has 0 aliphatic rings. The van der Waals surface area contributed by atoms with Gasteiger partial charge in [-0.05, 0) is 201 Å². The van der Waals surface area contributed by atoms with Crippen LogP contribution in [0.2, 0.25) is 5.02 Å². The lowest BCUT2D eigenvalue weighted by atomic mass is 10.1. The second-order valence-corrected chi connectivity index (χ2v) is 19.6. The molecular weight excluding hydrogens is 1440 g/mol. The number of hydrazine groups is 3. The van der Waals surface area contributed by atoms with Crippen molar-refractivity contribution >= 4 is 137 Å². The maximum atomic E-state index is 13.7. The predicted molar refractivity (Wildman–Crippen MR) is 283 cm³/mol. The lowest BCUT2D eigenvalue weighted by Gasteiger charge is -2.14. The minimum Gasteiger partial charge on any atom is -0.267 e. The van der Waals surface area contributed by atoms with Crippen molar-refractivity contribution in [1.29, 1.82) is 0 Å². The Balaban J connectivity index is 0.000000235. The monoisotopic (exact) mass is 1470 g/mol. The number of rotatable bonds is 6. The van der Waals surface area contributed by atoms with Crippen LogP contribution in [0.25, 0.3) is 0 Å². The summed E-state index contributed by atoms with van der Waals surface area (Å²) in [4.78, 5) is 72.0. The van der Waals surface area contributed by atoms with E-state index < -0.39 is 81.7 Å². The van der Waals surface area contributed by atoms with Gasteiger partial charge in [-0.2, -0.15) is 26.3 Å². The Kier molecular flexibility index (Phi) is 21.5. The number of carbonyl (C=O) groups excluding carboxylic acids is 6. The maximum Gasteiger partial charge on any atom is 0.417 e. The smallest absolute Gasteiger partial charge is 0.267 e. The lowest BCUT2D eigenvalue weighted by molar-refractivity contribution is -0.138. The fourth-order valence-corrected chi connectivity index (χ4v) is 8.16. The fraction of sp³-hybridized carbons (Fsp3) is 0.106. The molecule has 0 aromatic heterocycles. The van der Waals surface area contributed by atoms with E-state index in [2.05, 4.69) is 38.9 Å². The molecule has 6 aromatic rings. The summed E-state index contributed by atoms with van der Waals surface area (Å²) in [5.41, 5.74) is 11.5. The normalized spacial score (nSPS) is 10.8. The number of carbonyl (C=O) groups is 6. The van der Waals surface area contributed by atoms with Gasteiger partial charge in [0.15, 0.2) is 0 Å². The summed E-state index contributed by atoms with van der Waals surface area (Å²) in [5.74, 6) is -7.10. The van der Waals surface area contributed by atoms with Gasteiger partial charge >= 0.3 is 12.4 Å². The van der Waals surface area contributed by atoms with Gasteiger partial charge < -0.3 is 0 Å². The lowest BCUT2D eigenvalue weighted by Crippen LogP contribution is -2.42. The first kappa shape index (κ1) is 59.4. The van der Waals surface area contributed by atoms with Crippen LogP contribution in [0, 0.1) is 46.7 Å². The standard InChI is InChI=1S/C16H11ClF3IN2O2.C16H11F4IN2O2.C15H11FI2N2O2/c2*1-8-5-6-9(7-12(8)21)14(24)22-23-15(25)13-10(16(18,19)20)3-2-4-11(13)17;1-8-5-6-9(7-12(8)18)14(21)19-20-15(22)13-10(16)3-2-4-11(13)17/h2*2-7H,1H3,(H,22,24)(H,23,25);2-7H,1H3,(H,19,21)(H,20,22). The van der Waals surface area contributed by atoms with Crippen LogP contribution in [0.15, 0.2) is 109 Å². The highest BCUT2D eigenvalue weighted by Gasteiger charge is 2.38. The van der Waals surface area contributed by atoms with Gasteiger partial charge in [0.25, 0.3) is 35.4 Å². The van der Waals surface area contributed by atoms with Gasteiger partial charge in [0.2, 0.25) is 0 Å². The van der Waals surface area contributed by atoms with Crippen molar-refractivity contribution < 1.29 is 63.9 Å². The predicted octanol–water partition coefficient (Wildman–Crippen LogP) is 11.6. The highest BCUT2D eigenvalue weighted by atomic mass is 127. The Hall–Kier alpha value is -5.21. The summed E-state index contributed by atoms with van der Waals surface area (Å²) in [6.45, 7) is 5.63. The van der Waals surface area contributed by atoms with Crippen LogP contribution >= 0.6 is 102 Å². The zero-order valence-electron chi connectivity index (χ0n) is 36.8. The van der Waals surface area contributed by atoms with E-state index in [-0.39, 0.29) is 21.7 Å². The van der Waals surface area contributed by atoms with E-state index in [0.29, 0.717) is 15.2 Å². The highest BCUT2D eigenvalue weighted by molar-refractivity contribution is 14.1. The van der Waals surface area contributed by atoms with E-state index in [1.165, 1.54) is 24.3 Å². The number of nitrogens with one attached hydrogen (secondary N) is 6. The number of alkyl halides is 6. The molecule has 72 heavy (non-hydrogen) atoms. The molecule has 0 saturated heterocycles. The molecule has 0 radical (unpaired) electrons. The zero-order chi connectivity index (χ0) is 53.8. The van der Waals surface area contributed by atoms with Crippen molar-refractivity contribution in [2.45, 2.75) is 33.1 Å². The first-order chi connectivity index (χ1) is 33.6. The van der Waals surface area contributed by atoms with E-state index >= 15 is 0 Å². The Morgan fingerprint density at radius 3 is 1.07 bits per heavy atom. The minimum absolute atomic E-state index is 0.0955. The van der Waals surface area contributed by atoms with Crippen LogP contribution in [0.4, 0.5) is 35.1 Å². The van der Waals surface area contributed by atoms with Crippen LogP contribution in [-0.2, 0) is 12.4 Å². The van der Waals surface area contributed by atoms with E-state index in [4.69, 9.17) is 11.6 Å². The molecule has 0 atom stereocenters. The summed E-state index contributed by atoms with van der Waals surface area (Å²) in [5, 5.41) is -0.369. The van der Waals surface area contributed by atoms with Gasteiger partial charge in [-0.25, -0.2) is 8.78 Å². The molecule has 6 N–H and O–H groups in total. The number of aryl methyl sites for hydroxylation is 3. The number of amides is 6. The topological polar surface area (TPSA) is 175 Å². The SMILES string of the molecule is Cc1ccc(C(=O)NNC(=O)c2c(Cl)cccc2C(F)(F)F)cc1I.Cc1ccc(C(=O)NNC(=O)c2c(F)cccc2C(F)(F)F)cc1I.Cc1ccc(C(=O)NNC(=O)c2c(F)cccc2I)cc1I. The van der Waals surface area contributed by atoms with Gasteiger partial charge in [0.05, 0.1) is 32.8 Å². The molecule has 0 aliphatic heterocycles. The zero-order valence-corrected chi connectivity index (χ0v) is 46.1. The second kappa shape index (κ2) is 26.1. The minimum atomic E-state index is -4.91. The number of hydrogen-bond donors (Lipinski definition) is 6. The Morgan fingerprint density at radius 1 is 0.403 bits per heavy atom. The first-order valence-electron chi connectivity index (χ1n) is 19.9. The molecule has 0 fully saturated rings. The molecule has 6 aromatic carbocycles. The van der Waals surface area contributed by atoms with Crippen LogP contribution in [0.5, 0.6) is 0 Å². The average Bonchev–Trinajstić information content (AvgIpc) is 3.31. The highest BCUT2D eigenvalue weighted by Crippen LogP contribution is 2.35. The van der Waals surface area contributed by atoms with Crippen molar-refractivity contribution in [3.63, 3.8) is 0 Å². The van der Waals surface area contributed by atoms with Gasteiger partial charge in [0.1, 0.15) is 11.6 Å². The third-order valence-electron chi connectivity index (χ3n) is 9.45. The summed E-state index contributed by atoms with van der Waals surface area (Å²) in [6, 6.07) is 24.2. The third-order valence-corrected chi connectivity index (χ3v) is 14.2. The van der Waals surface area contributed by atoms with E-state index in [0.717, 1.165) is 57.7 Å². The molecule has 0 saturated carbocycles. The van der Waals surface area contributed by atoms with E-state index in [1.807, 2.05) is 105 Å². The molecule has 0 aliphatic carbocycles. The van der Waals surface area contributed by atoms with Crippen LogP contribution in [0.1, 0.15) is 90.0 Å². The maximum absolute atomic E-state index is 13.7. The van der Waals surface area contributed by atoms with Gasteiger partial charge in [-0.15, -0.1) is 0 Å². The molecule has 0 unspecified atom stereocenters. The van der Waals surface area contributed by atoms with Crippen LogP contribution < -0.4 is 32.6 Å². The summed E-state index contributed by atoms with van der Waals surface area (Å²) < 4.78 is 108. The molecular formula is C47H33ClF8I4N6O6. The fourth-order valence-electron chi connectivity index (χ4n) is 5.64. The molecule has 25 heteroatoms. The van der Waals surface area contributed by atoms with E-state index in [1.54, 1.807) is 47.9 Å². The molecule has 6 amide bonds. The van der Waals surface area contributed by atoms with Crippen LogP contribution in [-0.4, -0.2) is 35.4 Å². The average molecular weight is 1470 g/mol. The van der Waals surface area contributed by atoms with Crippen molar-refractivity contribution in [2.24, 2.45) is 0 Å². The number of benzene rings is 6. The Labute approximate surface area is 464 Å². The second-order valence-electron chi connectivity index (χ2n) is 14.5. The van der Waals surface area contributed by atoms with E-state index in [9.17, 15) is 63.9 Å².